The van der Waals surface area contributed by atoms with Crippen molar-refractivity contribution in [1.82, 2.24) is 10.6 Å². The summed E-state index contributed by atoms with van der Waals surface area (Å²) >= 11 is 0.630. The quantitative estimate of drug-likeness (QED) is 0.571. The first-order valence-corrected chi connectivity index (χ1v) is 7.65. The van der Waals surface area contributed by atoms with E-state index in [1.807, 2.05) is 5.32 Å². The molecular formula is C6H12HgN3O3. The van der Waals surface area contributed by atoms with Crippen LogP contribution in [0.5, 0.6) is 0 Å². The van der Waals surface area contributed by atoms with Crippen LogP contribution in [0.3, 0.4) is 0 Å². The van der Waals surface area contributed by atoms with Gasteiger partial charge in [0.2, 0.25) is 0 Å². The zero-order valence-electron chi connectivity index (χ0n) is 7.50. The van der Waals surface area contributed by atoms with Crippen molar-refractivity contribution in [3.63, 3.8) is 0 Å². The molecule has 1 unspecified atom stereocenters. The van der Waals surface area contributed by atoms with Crippen molar-refractivity contribution in [2.45, 2.75) is 10.0 Å². The Morgan fingerprint density at radius 1 is 1.62 bits per heavy atom. The summed E-state index contributed by atoms with van der Waals surface area (Å²) in [5.41, 5.74) is 4.73. The number of urea groups is 2. The Balaban J connectivity index is 3.62. The molecule has 0 aromatic heterocycles. The second kappa shape index (κ2) is 7.08. The van der Waals surface area contributed by atoms with Crippen LogP contribution in [-0.2, 0) is 30.9 Å². The van der Waals surface area contributed by atoms with Crippen LogP contribution in [0.1, 0.15) is 0 Å². The summed E-state index contributed by atoms with van der Waals surface area (Å²) in [6.45, 7) is 0.402. The van der Waals surface area contributed by atoms with Crippen molar-refractivity contribution in [2.24, 2.45) is 5.73 Å². The van der Waals surface area contributed by atoms with E-state index >= 15 is 0 Å². The molecule has 13 heavy (non-hydrogen) atoms. The van der Waals surface area contributed by atoms with Gasteiger partial charge in [0.25, 0.3) is 0 Å². The molecule has 0 saturated heterocycles. The summed E-state index contributed by atoms with van der Waals surface area (Å²) in [5.74, 6) is 0. The van der Waals surface area contributed by atoms with Crippen molar-refractivity contribution in [3.8, 4) is 0 Å². The summed E-state index contributed by atoms with van der Waals surface area (Å²) in [4.78, 5) is 21.0. The molecule has 71 valence electrons. The van der Waals surface area contributed by atoms with Crippen molar-refractivity contribution in [3.05, 3.63) is 0 Å². The Kier molecular flexibility index (Phi) is 6.88. The number of carbonyl (C=O) groups is 2. The van der Waals surface area contributed by atoms with Crippen LogP contribution >= 0.6 is 0 Å². The monoisotopic (exact) mass is 376 g/mol. The number of methoxy groups -OCH3 is 1. The third-order valence-electron chi connectivity index (χ3n) is 1.38. The van der Waals surface area contributed by atoms with E-state index in [1.165, 1.54) is 0 Å². The van der Waals surface area contributed by atoms with Gasteiger partial charge in [-0.1, -0.05) is 0 Å². The minimum absolute atomic E-state index is 0.0435. The van der Waals surface area contributed by atoms with E-state index in [4.69, 9.17) is 10.5 Å². The zero-order valence-corrected chi connectivity index (χ0v) is 13.0. The molecule has 6 nitrogen and oxygen atoms in total. The molecule has 1 atom stereocenters. The Morgan fingerprint density at radius 3 is 2.62 bits per heavy atom. The van der Waals surface area contributed by atoms with E-state index in [0.717, 1.165) is 3.93 Å². The van der Waals surface area contributed by atoms with E-state index in [-0.39, 0.29) is 6.10 Å². The van der Waals surface area contributed by atoms with Crippen molar-refractivity contribution in [2.75, 3.05) is 13.7 Å². The molecule has 0 bridgehead atoms. The molecule has 0 rings (SSSR count). The van der Waals surface area contributed by atoms with Crippen LogP contribution in [0.4, 0.5) is 9.59 Å². The van der Waals surface area contributed by atoms with Crippen LogP contribution in [0.15, 0.2) is 0 Å². The maximum absolute atomic E-state index is 10.8. The fourth-order valence-electron chi connectivity index (χ4n) is 0.666. The number of amides is 4. The summed E-state index contributed by atoms with van der Waals surface area (Å²) in [7, 11) is 1.59. The van der Waals surface area contributed by atoms with Crippen LogP contribution in [-0.4, -0.2) is 31.8 Å². The first kappa shape index (κ1) is 12.6. The molecule has 0 heterocycles. The molecule has 0 saturated carbocycles. The van der Waals surface area contributed by atoms with Crippen molar-refractivity contribution < 1.29 is 40.4 Å². The van der Waals surface area contributed by atoms with Gasteiger partial charge in [-0.2, -0.15) is 0 Å². The number of imide groups is 1. The van der Waals surface area contributed by atoms with Gasteiger partial charge in [0.05, 0.1) is 0 Å². The third-order valence-corrected chi connectivity index (χ3v) is 3.89. The van der Waals surface area contributed by atoms with Gasteiger partial charge in [0, 0.05) is 0 Å². The minimum atomic E-state index is -0.860. The molecule has 0 radical (unpaired) electrons. The van der Waals surface area contributed by atoms with E-state index in [1.54, 1.807) is 7.11 Å². The number of hydrogen-bond donors (Lipinski definition) is 3. The van der Waals surface area contributed by atoms with Crippen molar-refractivity contribution >= 4 is 12.1 Å². The van der Waals surface area contributed by atoms with Gasteiger partial charge in [0.1, 0.15) is 0 Å². The Hall–Kier alpha value is -0.365. The molecule has 0 aromatic rings. The molecule has 0 aliphatic heterocycles. The number of primary amides is 1. The molecule has 0 aromatic carbocycles. The molecule has 4 N–H and O–H groups in total. The second-order valence-corrected chi connectivity index (χ2v) is 4.59. The number of rotatable bonds is 4. The molecule has 0 spiro atoms. The van der Waals surface area contributed by atoms with Crippen LogP contribution < -0.4 is 16.4 Å². The Labute approximate surface area is 92.5 Å². The molecule has 0 aliphatic carbocycles. The average molecular weight is 375 g/mol. The van der Waals surface area contributed by atoms with Crippen LogP contribution in [0.25, 0.3) is 0 Å². The van der Waals surface area contributed by atoms with Gasteiger partial charge in [-0.05, 0) is 0 Å². The first-order chi connectivity index (χ1) is 6.10. The standard InChI is InChI=1S/C6H12N3O3.Hg/c1-4(12-2)3-8-6(11)9-5(7)10;/h4H,1,3H2,2H3,(H4,7,8,9,10,11);. The number of nitrogens with one attached hydrogen (secondary N) is 2. The first-order valence-electron chi connectivity index (χ1n) is 3.76. The van der Waals surface area contributed by atoms with Gasteiger partial charge in [-0.25, -0.2) is 0 Å². The van der Waals surface area contributed by atoms with Gasteiger partial charge in [-0.15, -0.1) is 0 Å². The summed E-state index contributed by atoms with van der Waals surface area (Å²) in [6.07, 6.45) is 0.0435. The molecular weight excluding hydrogens is 363 g/mol. The van der Waals surface area contributed by atoms with Gasteiger partial charge in [-0.3, -0.25) is 0 Å². The predicted molar refractivity (Wildman–Crippen MR) is 41.7 cm³/mol. The van der Waals surface area contributed by atoms with E-state index in [2.05, 4.69) is 5.32 Å². The summed E-state index contributed by atoms with van der Waals surface area (Å²) < 4.78 is 6.02. The molecule has 4 amide bonds. The molecule has 0 aliphatic rings. The van der Waals surface area contributed by atoms with Crippen LogP contribution in [0.2, 0.25) is 3.93 Å². The normalized spacial score (nSPS) is 11.9. The summed E-state index contributed by atoms with van der Waals surface area (Å²) in [5, 5.41) is 4.37. The summed E-state index contributed by atoms with van der Waals surface area (Å²) in [6, 6.07) is -1.45. The number of hydrogen-bond acceptors (Lipinski definition) is 3. The van der Waals surface area contributed by atoms with E-state index < -0.39 is 12.1 Å². The maximum atomic E-state index is 10.8. The van der Waals surface area contributed by atoms with Crippen LogP contribution in [0, 0.1) is 0 Å². The van der Waals surface area contributed by atoms with Gasteiger partial charge in [0.15, 0.2) is 0 Å². The molecule has 0 fully saturated rings. The fourth-order valence-corrected chi connectivity index (χ4v) is 2.38. The predicted octanol–water partition coefficient (Wildman–Crippen LogP) is -0.656. The Bertz CT molecular complexity index is 184. The average Bonchev–Trinajstić information content (AvgIpc) is 2.05. The van der Waals surface area contributed by atoms with Crippen molar-refractivity contribution in [1.29, 1.82) is 0 Å². The molecule has 7 heteroatoms. The van der Waals surface area contributed by atoms with E-state index in [0.29, 0.717) is 32.7 Å². The number of carbonyl (C=O) groups excluding carboxylic acids is 2. The second-order valence-electron chi connectivity index (χ2n) is 2.35. The van der Waals surface area contributed by atoms with E-state index in [9.17, 15) is 9.59 Å². The fraction of sp³-hybridized carbons (Fsp3) is 0.667. The number of ether oxygens (including phenoxy) is 1. The zero-order chi connectivity index (χ0) is 10.3. The van der Waals surface area contributed by atoms with Gasteiger partial charge < -0.3 is 0 Å². The topological polar surface area (TPSA) is 93.4 Å². The third kappa shape index (κ3) is 6.77. The van der Waals surface area contributed by atoms with Gasteiger partial charge >= 0.3 is 92.6 Å². The SMILES string of the molecule is COC([CH2][Hg])CNC(=O)NC(N)=O. The number of nitrogens with two attached hydrogens (primary N) is 1. The Morgan fingerprint density at radius 2 is 2.23 bits per heavy atom.